The van der Waals surface area contributed by atoms with Gasteiger partial charge in [0, 0.05) is 17.7 Å². The van der Waals surface area contributed by atoms with Crippen molar-refractivity contribution < 1.29 is 8.42 Å². The Hall–Kier alpha value is -1.99. The summed E-state index contributed by atoms with van der Waals surface area (Å²) in [6, 6.07) is 12.0. The third-order valence-corrected chi connectivity index (χ3v) is 7.42. The molecule has 2 heterocycles. The fourth-order valence-electron chi connectivity index (χ4n) is 3.56. The molecule has 0 amide bonds. The average Bonchev–Trinajstić information content (AvgIpc) is 3.16. The Balaban J connectivity index is 1.69. The van der Waals surface area contributed by atoms with Gasteiger partial charge in [-0.05, 0) is 42.8 Å². The maximum absolute atomic E-state index is 12.0. The lowest BCUT2D eigenvalue weighted by atomic mass is 9.95. The van der Waals surface area contributed by atoms with Crippen molar-refractivity contribution in [3.8, 4) is 10.7 Å². The lowest BCUT2D eigenvalue weighted by molar-refractivity contribution is 0.452. The molecule has 0 aliphatic heterocycles. The van der Waals surface area contributed by atoms with Gasteiger partial charge in [0.15, 0.2) is 5.82 Å². The molecule has 0 saturated heterocycles. The van der Waals surface area contributed by atoms with Crippen molar-refractivity contribution in [1.82, 2.24) is 9.97 Å². The van der Waals surface area contributed by atoms with Crippen LogP contribution in [0, 0.1) is 0 Å². The van der Waals surface area contributed by atoms with Crippen LogP contribution >= 0.6 is 11.3 Å². The molecule has 1 fully saturated rings. The predicted octanol–water partition coefficient (Wildman–Crippen LogP) is 4.13. The van der Waals surface area contributed by atoms with Crippen molar-refractivity contribution in [1.29, 1.82) is 0 Å². The van der Waals surface area contributed by atoms with Crippen molar-refractivity contribution in [2.45, 2.75) is 37.0 Å². The van der Waals surface area contributed by atoms with E-state index in [1.54, 1.807) is 11.3 Å². The van der Waals surface area contributed by atoms with E-state index in [-0.39, 0.29) is 11.3 Å². The molecule has 2 aromatic heterocycles. The van der Waals surface area contributed by atoms with Gasteiger partial charge >= 0.3 is 0 Å². The molecule has 0 bridgehead atoms. The van der Waals surface area contributed by atoms with Crippen LogP contribution in [0.5, 0.6) is 0 Å². The predicted molar refractivity (Wildman–Crippen MR) is 107 cm³/mol. The van der Waals surface area contributed by atoms with E-state index < -0.39 is 9.84 Å². The summed E-state index contributed by atoms with van der Waals surface area (Å²) in [6.45, 7) is 0. The summed E-state index contributed by atoms with van der Waals surface area (Å²) >= 11 is 1.61. The minimum Gasteiger partial charge on any atom is -0.367 e. The molecule has 26 heavy (non-hydrogen) atoms. The zero-order valence-corrected chi connectivity index (χ0v) is 16.2. The molecule has 2 atom stereocenters. The molecule has 4 rings (SSSR count). The van der Waals surface area contributed by atoms with Crippen molar-refractivity contribution in [3.05, 3.63) is 41.8 Å². The summed E-state index contributed by atoms with van der Waals surface area (Å²) in [4.78, 5) is 10.5. The van der Waals surface area contributed by atoms with E-state index in [2.05, 4.69) is 10.3 Å². The van der Waals surface area contributed by atoms with Crippen LogP contribution in [-0.4, -0.2) is 35.9 Å². The first-order valence-electron chi connectivity index (χ1n) is 8.77. The van der Waals surface area contributed by atoms with Crippen LogP contribution in [0.1, 0.15) is 25.7 Å². The summed E-state index contributed by atoms with van der Waals surface area (Å²) in [6.07, 6.45) is 4.59. The van der Waals surface area contributed by atoms with Crippen LogP contribution in [0.15, 0.2) is 41.8 Å². The highest BCUT2D eigenvalue weighted by Gasteiger charge is 2.29. The van der Waals surface area contributed by atoms with Gasteiger partial charge in [-0.15, -0.1) is 11.3 Å². The quantitative estimate of drug-likeness (QED) is 0.729. The normalized spacial score (nSPS) is 21.0. The minimum absolute atomic E-state index is 0.109. The molecule has 0 spiro atoms. The monoisotopic (exact) mass is 387 g/mol. The Bertz CT molecular complexity index is 1020. The van der Waals surface area contributed by atoms with Crippen LogP contribution in [-0.2, 0) is 9.84 Å². The standard InChI is InChI=1S/C19H21N3O2S2/c1-26(23,24)14-7-4-6-13(12-14)20-18-15-8-2-3-9-16(15)21-19(22-18)17-10-5-11-25-17/h2-3,5,8-11,13-14H,4,6-7,12H2,1H3,(H,20,21,22). The molecule has 0 radical (unpaired) electrons. The Morgan fingerprint density at radius 1 is 1.12 bits per heavy atom. The molecule has 1 aliphatic carbocycles. The van der Waals surface area contributed by atoms with Crippen LogP contribution in [0.4, 0.5) is 5.82 Å². The zero-order valence-electron chi connectivity index (χ0n) is 14.6. The first-order valence-corrected chi connectivity index (χ1v) is 11.6. The number of hydrogen-bond acceptors (Lipinski definition) is 6. The van der Waals surface area contributed by atoms with Gasteiger partial charge in [-0.25, -0.2) is 18.4 Å². The topological polar surface area (TPSA) is 72.0 Å². The molecule has 2 unspecified atom stereocenters. The highest BCUT2D eigenvalue weighted by atomic mass is 32.2. The molecule has 1 N–H and O–H groups in total. The second-order valence-electron chi connectivity index (χ2n) is 6.85. The number of rotatable bonds is 4. The van der Waals surface area contributed by atoms with Gasteiger partial charge < -0.3 is 5.32 Å². The lowest BCUT2D eigenvalue weighted by Gasteiger charge is -2.29. The molecule has 5 nitrogen and oxygen atoms in total. The summed E-state index contributed by atoms with van der Waals surface area (Å²) in [5.74, 6) is 1.50. The number of thiophene rings is 1. The molecule has 1 saturated carbocycles. The zero-order chi connectivity index (χ0) is 18.1. The van der Waals surface area contributed by atoms with Gasteiger partial charge in [-0.1, -0.05) is 24.6 Å². The number of hydrogen-bond donors (Lipinski definition) is 1. The number of aromatic nitrogens is 2. The first-order chi connectivity index (χ1) is 12.5. The highest BCUT2D eigenvalue weighted by molar-refractivity contribution is 7.91. The largest absolute Gasteiger partial charge is 0.367 e. The van der Waals surface area contributed by atoms with E-state index in [9.17, 15) is 8.42 Å². The summed E-state index contributed by atoms with van der Waals surface area (Å²) in [5, 5.41) is 6.23. The first kappa shape index (κ1) is 17.4. The van der Waals surface area contributed by atoms with Gasteiger partial charge in [-0.2, -0.15) is 0 Å². The molecule has 1 aromatic carbocycles. The number of nitrogens with zero attached hydrogens (tertiary/aromatic N) is 2. The molecular formula is C19H21N3O2S2. The van der Waals surface area contributed by atoms with Crippen LogP contribution in [0.25, 0.3) is 21.6 Å². The smallest absolute Gasteiger partial charge is 0.172 e. The van der Waals surface area contributed by atoms with Crippen LogP contribution in [0.3, 0.4) is 0 Å². The number of sulfone groups is 1. The lowest BCUT2D eigenvalue weighted by Crippen LogP contribution is -2.34. The Kier molecular flexibility index (Phi) is 4.67. The minimum atomic E-state index is -3.01. The van der Waals surface area contributed by atoms with Crippen LogP contribution < -0.4 is 5.32 Å². The van der Waals surface area contributed by atoms with Crippen molar-refractivity contribution in [2.24, 2.45) is 0 Å². The van der Waals surface area contributed by atoms with E-state index in [4.69, 9.17) is 4.98 Å². The van der Waals surface area contributed by atoms with Gasteiger partial charge in [0.05, 0.1) is 15.6 Å². The molecule has 1 aliphatic rings. The summed E-state index contributed by atoms with van der Waals surface area (Å²) in [5.41, 5.74) is 0.892. The van der Waals surface area contributed by atoms with Gasteiger partial charge in [0.1, 0.15) is 15.7 Å². The summed E-state index contributed by atoms with van der Waals surface area (Å²) in [7, 11) is -3.01. The molecule has 3 aromatic rings. The van der Waals surface area contributed by atoms with Crippen molar-refractivity contribution in [3.63, 3.8) is 0 Å². The third-order valence-electron chi connectivity index (χ3n) is 4.92. The van der Waals surface area contributed by atoms with Crippen molar-refractivity contribution in [2.75, 3.05) is 11.6 Å². The highest BCUT2D eigenvalue weighted by Crippen LogP contribution is 2.31. The molecular weight excluding hydrogens is 366 g/mol. The van der Waals surface area contributed by atoms with Crippen molar-refractivity contribution >= 4 is 37.9 Å². The Labute approximate surface area is 157 Å². The fourth-order valence-corrected chi connectivity index (χ4v) is 5.40. The molecule has 136 valence electrons. The second kappa shape index (κ2) is 6.96. The second-order valence-corrected chi connectivity index (χ2v) is 10.1. The Morgan fingerprint density at radius 3 is 2.73 bits per heavy atom. The number of fused-ring (bicyclic) bond motifs is 1. The fraction of sp³-hybridized carbons (Fsp3) is 0.368. The van der Waals surface area contributed by atoms with E-state index in [1.165, 1.54) is 6.26 Å². The van der Waals surface area contributed by atoms with E-state index in [1.807, 2.05) is 41.8 Å². The number of para-hydroxylation sites is 1. The SMILES string of the molecule is CS(=O)(=O)C1CCCC(Nc2nc(-c3cccs3)nc3ccccc23)C1. The van der Waals surface area contributed by atoms with E-state index in [0.717, 1.165) is 40.9 Å². The third kappa shape index (κ3) is 3.59. The van der Waals surface area contributed by atoms with E-state index >= 15 is 0 Å². The average molecular weight is 388 g/mol. The molecule has 7 heteroatoms. The maximum atomic E-state index is 12.0. The van der Waals surface area contributed by atoms with E-state index in [0.29, 0.717) is 12.2 Å². The maximum Gasteiger partial charge on any atom is 0.172 e. The van der Waals surface area contributed by atoms with Gasteiger partial charge in [0.25, 0.3) is 0 Å². The van der Waals surface area contributed by atoms with Gasteiger partial charge in [-0.3, -0.25) is 0 Å². The number of nitrogens with one attached hydrogen (secondary N) is 1. The van der Waals surface area contributed by atoms with Crippen LogP contribution in [0.2, 0.25) is 0 Å². The number of anilines is 1. The summed E-state index contributed by atoms with van der Waals surface area (Å²) < 4.78 is 23.9. The Morgan fingerprint density at radius 2 is 1.96 bits per heavy atom. The number of benzene rings is 1. The van der Waals surface area contributed by atoms with Gasteiger partial charge in [0.2, 0.25) is 0 Å².